The fourth-order valence-corrected chi connectivity index (χ4v) is 2.11. The number of rotatable bonds is 7. The molecule has 1 aromatic rings. The first-order valence-corrected chi connectivity index (χ1v) is 8.39. The van der Waals surface area contributed by atoms with Crippen LogP contribution in [0.15, 0.2) is 18.2 Å². The Morgan fingerprint density at radius 2 is 1.65 bits per heavy atom. The van der Waals surface area contributed by atoms with Gasteiger partial charge in [0.1, 0.15) is 5.60 Å². The van der Waals surface area contributed by atoms with E-state index in [-0.39, 0.29) is 25.2 Å². The van der Waals surface area contributed by atoms with Crippen molar-refractivity contribution in [3.8, 4) is 11.5 Å². The predicted molar refractivity (Wildman–Crippen MR) is 98.7 cm³/mol. The second kappa shape index (κ2) is 9.74. The molecule has 1 unspecified atom stereocenters. The van der Waals surface area contributed by atoms with Crippen molar-refractivity contribution in [2.75, 3.05) is 27.3 Å². The molecule has 1 aromatic carbocycles. The number of ether oxygens (including phenoxy) is 3. The monoisotopic (exact) mass is 367 g/mol. The molecule has 0 bridgehead atoms. The van der Waals surface area contributed by atoms with Crippen LogP contribution in [-0.2, 0) is 4.74 Å². The average molecular weight is 367 g/mol. The Balaban J connectivity index is 2.40. The van der Waals surface area contributed by atoms with E-state index >= 15 is 0 Å². The average Bonchev–Trinajstić information content (AvgIpc) is 2.56. The lowest BCUT2D eigenvalue weighted by Crippen LogP contribution is -2.42. The maximum absolute atomic E-state index is 12.0. The molecule has 146 valence electrons. The Labute approximate surface area is 154 Å². The van der Waals surface area contributed by atoms with Gasteiger partial charge in [0.15, 0.2) is 11.5 Å². The summed E-state index contributed by atoms with van der Waals surface area (Å²) >= 11 is 0. The fourth-order valence-electron chi connectivity index (χ4n) is 2.11. The number of methoxy groups -OCH3 is 2. The van der Waals surface area contributed by atoms with Gasteiger partial charge in [0.05, 0.1) is 20.3 Å². The van der Waals surface area contributed by atoms with Crippen LogP contribution >= 0.6 is 0 Å². The second-order valence-electron chi connectivity index (χ2n) is 6.67. The maximum atomic E-state index is 12.0. The van der Waals surface area contributed by atoms with Crippen molar-refractivity contribution >= 4 is 12.1 Å². The summed E-state index contributed by atoms with van der Waals surface area (Å²) in [5, 5.41) is 8.07. The minimum Gasteiger partial charge on any atom is -0.493 e. The molecule has 8 nitrogen and oxygen atoms in total. The zero-order valence-electron chi connectivity index (χ0n) is 16.3. The summed E-state index contributed by atoms with van der Waals surface area (Å²) < 4.78 is 15.6. The highest BCUT2D eigenvalue weighted by molar-refractivity contribution is 5.74. The highest BCUT2D eigenvalue weighted by Crippen LogP contribution is 2.29. The van der Waals surface area contributed by atoms with Crippen LogP contribution in [0.4, 0.5) is 9.59 Å². The van der Waals surface area contributed by atoms with Gasteiger partial charge in [-0.2, -0.15) is 0 Å². The first kappa shape index (κ1) is 21.4. The summed E-state index contributed by atoms with van der Waals surface area (Å²) in [6.07, 6.45) is -0.515. The Kier molecular flexibility index (Phi) is 8.02. The lowest BCUT2D eigenvalue weighted by atomic mass is 10.1. The van der Waals surface area contributed by atoms with Gasteiger partial charge in [-0.15, -0.1) is 0 Å². The summed E-state index contributed by atoms with van der Waals surface area (Å²) in [5.41, 5.74) is 0.327. The van der Waals surface area contributed by atoms with E-state index < -0.39 is 11.7 Å². The number of alkyl carbamates (subject to hydrolysis) is 1. The quantitative estimate of drug-likeness (QED) is 0.644. The SMILES string of the molecule is COc1ccc(C(C)NC(=O)NCCNC(=O)OC(C)(C)C)cc1OC. The Morgan fingerprint density at radius 1 is 1.04 bits per heavy atom. The summed E-state index contributed by atoms with van der Waals surface area (Å²) in [6, 6.07) is 4.89. The van der Waals surface area contributed by atoms with E-state index in [1.165, 1.54) is 0 Å². The molecule has 26 heavy (non-hydrogen) atoms. The van der Waals surface area contributed by atoms with E-state index in [4.69, 9.17) is 14.2 Å². The van der Waals surface area contributed by atoms with E-state index in [0.717, 1.165) is 5.56 Å². The third-order valence-electron chi connectivity index (χ3n) is 3.33. The van der Waals surface area contributed by atoms with Gasteiger partial charge in [-0.1, -0.05) is 6.07 Å². The molecular formula is C18H29N3O5. The van der Waals surface area contributed by atoms with E-state index in [1.54, 1.807) is 41.1 Å². The minimum atomic E-state index is -0.552. The zero-order valence-corrected chi connectivity index (χ0v) is 16.3. The summed E-state index contributed by atoms with van der Waals surface area (Å²) in [5.74, 6) is 1.22. The van der Waals surface area contributed by atoms with Crippen molar-refractivity contribution in [3.05, 3.63) is 23.8 Å². The van der Waals surface area contributed by atoms with Gasteiger partial charge in [0, 0.05) is 13.1 Å². The molecule has 1 atom stereocenters. The molecule has 0 fully saturated rings. The Hall–Kier alpha value is -2.64. The van der Waals surface area contributed by atoms with Gasteiger partial charge in [-0.25, -0.2) is 9.59 Å². The lowest BCUT2D eigenvalue weighted by molar-refractivity contribution is 0.0528. The van der Waals surface area contributed by atoms with Crippen molar-refractivity contribution < 1.29 is 23.8 Å². The molecule has 0 saturated carbocycles. The molecule has 0 radical (unpaired) electrons. The molecule has 1 rings (SSSR count). The molecular weight excluding hydrogens is 338 g/mol. The zero-order chi connectivity index (χ0) is 19.7. The number of carbonyl (C=O) groups excluding carboxylic acids is 2. The Bertz CT molecular complexity index is 613. The van der Waals surface area contributed by atoms with Crippen LogP contribution in [0, 0.1) is 0 Å². The van der Waals surface area contributed by atoms with Crippen LogP contribution in [0.1, 0.15) is 39.3 Å². The molecule has 8 heteroatoms. The molecule has 0 aliphatic carbocycles. The van der Waals surface area contributed by atoms with Crippen molar-refractivity contribution in [1.82, 2.24) is 16.0 Å². The van der Waals surface area contributed by atoms with Crippen LogP contribution in [0.25, 0.3) is 0 Å². The second-order valence-corrected chi connectivity index (χ2v) is 6.67. The van der Waals surface area contributed by atoms with E-state index in [0.29, 0.717) is 11.5 Å². The first-order chi connectivity index (χ1) is 12.2. The van der Waals surface area contributed by atoms with Crippen LogP contribution < -0.4 is 25.4 Å². The highest BCUT2D eigenvalue weighted by atomic mass is 16.6. The number of benzene rings is 1. The van der Waals surface area contributed by atoms with Crippen molar-refractivity contribution in [2.45, 2.75) is 39.3 Å². The third-order valence-corrected chi connectivity index (χ3v) is 3.33. The summed E-state index contributed by atoms with van der Waals surface area (Å²) in [4.78, 5) is 23.5. The molecule has 3 amide bonds. The Morgan fingerprint density at radius 3 is 2.23 bits per heavy atom. The van der Waals surface area contributed by atoms with Gasteiger partial charge < -0.3 is 30.2 Å². The normalized spacial score (nSPS) is 11.9. The largest absolute Gasteiger partial charge is 0.493 e. The standard InChI is InChI=1S/C18H29N3O5/c1-12(13-7-8-14(24-5)15(11-13)25-6)21-16(22)19-9-10-20-17(23)26-18(2,3)4/h7-8,11-12H,9-10H2,1-6H3,(H,20,23)(H2,19,21,22). The summed E-state index contributed by atoms with van der Waals surface area (Å²) in [6.45, 7) is 7.77. The van der Waals surface area contributed by atoms with Crippen LogP contribution in [0.3, 0.4) is 0 Å². The topological polar surface area (TPSA) is 97.9 Å². The van der Waals surface area contributed by atoms with Gasteiger partial charge >= 0.3 is 12.1 Å². The van der Waals surface area contributed by atoms with Crippen LogP contribution in [-0.4, -0.2) is 45.0 Å². The number of hydrogen-bond acceptors (Lipinski definition) is 5. The number of urea groups is 1. The molecule has 0 aliphatic heterocycles. The van der Waals surface area contributed by atoms with Crippen LogP contribution in [0.5, 0.6) is 11.5 Å². The van der Waals surface area contributed by atoms with Gasteiger partial charge in [-0.3, -0.25) is 0 Å². The number of nitrogens with one attached hydrogen (secondary N) is 3. The number of amides is 3. The van der Waals surface area contributed by atoms with Gasteiger partial charge in [0.2, 0.25) is 0 Å². The molecule has 0 saturated heterocycles. The van der Waals surface area contributed by atoms with Crippen LogP contribution in [0.2, 0.25) is 0 Å². The number of carbonyl (C=O) groups is 2. The first-order valence-electron chi connectivity index (χ1n) is 8.39. The predicted octanol–water partition coefficient (Wildman–Crippen LogP) is 2.59. The molecule has 0 aromatic heterocycles. The minimum absolute atomic E-state index is 0.228. The van der Waals surface area contributed by atoms with E-state index in [1.807, 2.05) is 19.1 Å². The van der Waals surface area contributed by atoms with E-state index in [2.05, 4.69) is 16.0 Å². The molecule has 3 N–H and O–H groups in total. The molecule has 0 heterocycles. The van der Waals surface area contributed by atoms with Crippen molar-refractivity contribution in [3.63, 3.8) is 0 Å². The van der Waals surface area contributed by atoms with Crippen molar-refractivity contribution in [1.29, 1.82) is 0 Å². The molecule has 0 aliphatic rings. The highest BCUT2D eigenvalue weighted by Gasteiger charge is 2.16. The van der Waals surface area contributed by atoms with Gasteiger partial charge in [0.25, 0.3) is 0 Å². The molecule has 0 spiro atoms. The van der Waals surface area contributed by atoms with Crippen molar-refractivity contribution in [2.24, 2.45) is 0 Å². The fraction of sp³-hybridized carbons (Fsp3) is 0.556. The van der Waals surface area contributed by atoms with Gasteiger partial charge in [-0.05, 0) is 45.4 Å². The maximum Gasteiger partial charge on any atom is 0.407 e. The lowest BCUT2D eigenvalue weighted by Gasteiger charge is -2.20. The third kappa shape index (κ3) is 7.50. The summed E-state index contributed by atoms with van der Waals surface area (Å²) in [7, 11) is 3.13. The smallest absolute Gasteiger partial charge is 0.407 e. The van der Waals surface area contributed by atoms with E-state index in [9.17, 15) is 9.59 Å². The number of hydrogen-bond donors (Lipinski definition) is 3.